The van der Waals surface area contributed by atoms with Gasteiger partial charge in [0.1, 0.15) is 29.4 Å². The van der Waals surface area contributed by atoms with Gasteiger partial charge in [0.25, 0.3) is 0 Å². The van der Waals surface area contributed by atoms with Crippen LogP contribution < -0.4 is 9.47 Å². The largest absolute Gasteiger partial charge is 0.497 e. The number of hydrogen-bond acceptors (Lipinski definition) is 10. The fourth-order valence-corrected chi connectivity index (χ4v) is 11.0. The Kier molecular flexibility index (Phi) is 13.1. The van der Waals surface area contributed by atoms with Crippen molar-refractivity contribution in [1.29, 1.82) is 0 Å². The smallest absolute Gasteiger partial charge is 0.412 e. The van der Waals surface area contributed by atoms with Crippen molar-refractivity contribution < 1.29 is 41.7 Å². The Morgan fingerprint density at radius 1 is 0.966 bits per heavy atom. The van der Waals surface area contributed by atoms with E-state index in [1.807, 2.05) is 62.4 Å². The van der Waals surface area contributed by atoms with Crippen LogP contribution >= 0.6 is 11.3 Å². The number of sulfonamides is 1. The SMILES string of the molecule is COc1ccc(S(=O)(=O)N(CC(C)C)C[C@H]2OC(C)(C)N(C(=O)OC(C)(C)C)[C@H]2Cc2ccc(OCc3ccccc3-c3sc4c(c3C(C)=O)CCCC4=O)cc2)cc1. The van der Waals surface area contributed by atoms with Crippen molar-refractivity contribution in [2.45, 2.75) is 116 Å². The second-order valence-corrected chi connectivity index (χ2v) is 20.1. The molecule has 1 fully saturated rings. The number of amides is 1. The molecule has 2 aliphatic rings. The zero-order valence-electron chi connectivity index (χ0n) is 35.5. The molecule has 0 spiro atoms. The van der Waals surface area contributed by atoms with E-state index in [2.05, 4.69) is 0 Å². The molecule has 1 aliphatic carbocycles. The Bertz CT molecular complexity index is 2270. The molecule has 1 aromatic heterocycles. The molecule has 59 heavy (non-hydrogen) atoms. The van der Waals surface area contributed by atoms with E-state index in [4.69, 9.17) is 18.9 Å². The van der Waals surface area contributed by atoms with Crippen molar-refractivity contribution >= 4 is 39.0 Å². The van der Waals surface area contributed by atoms with Gasteiger partial charge in [-0.1, -0.05) is 50.2 Å². The molecule has 316 valence electrons. The number of carbonyl (C=O) groups is 3. The molecule has 1 aliphatic heterocycles. The molecule has 0 unspecified atom stereocenters. The second-order valence-electron chi connectivity index (χ2n) is 17.2. The van der Waals surface area contributed by atoms with Gasteiger partial charge in [-0.25, -0.2) is 13.2 Å². The Morgan fingerprint density at radius 2 is 1.63 bits per heavy atom. The van der Waals surface area contributed by atoms with E-state index in [1.165, 1.54) is 34.9 Å². The highest BCUT2D eigenvalue weighted by molar-refractivity contribution is 7.89. The number of thiophene rings is 1. The van der Waals surface area contributed by atoms with Gasteiger partial charge in [0.05, 0.1) is 29.0 Å². The maximum Gasteiger partial charge on any atom is 0.412 e. The van der Waals surface area contributed by atoms with Crippen molar-refractivity contribution in [2.24, 2.45) is 5.92 Å². The van der Waals surface area contributed by atoms with E-state index in [0.29, 0.717) is 34.8 Å². The normalized spacial score (nSPS) is 17.9. The lowest BCUT2D eigenvalue weighted by atomic mass is 9.91. The van der Waals surface area contributed by atoms with E-state index in [9.17, 15) is 22.8 Å². The molecule has 2 heterocycles. The molecule has 11 nitrogen and oxygen atoms in total. The third-order valence-electron chi connectivity index (χ3n) is 10.5. The summed E-state index contributed by atoms with van der Waals surface area (Å²) in [6.45, 7) is 15.0. The van der Waals surface area contributed by atoms with Gasteiger partial charge < -0.3 is 18.9 Å². The zero-order valence-corrected chi connectivity index (χ0v) is 37.1. The van der Waals surface area contributed by atoms with Crippen LogP contribution in [0.25, 0.3) is 10.4 Å². The standard InChI is InChI=1S/C46H56N2O9S2/c1-29(2)26-47(59(52,53)35-23-21-33(54-9)22-24-35)27-40-38(48(46(7,8)56-40)44(51)57-45(4,5)6)25-31-17-19-34(20-18-31)55-28-32-13-10-11-14-36(32)43-41(30(3)49)37-15-12-16-39(50)42(37)58-43/h10-11,13-14,17-24,29,38,40H,12,15-16,25-28H2,1-9H3/t38-,40+/m0/s1. The highest BCUT2D eigenvalue weighted by Gasteiger charge is 2.52. The minimum absolute atomic E-state index is 0.00721. The molecule has 4 aromatic rings. The summed E-state index contributed by atoms with van der Waals surface area (Å²) in [5, 5.41) is 0. The van der Waals surface area contributed by atoms with Gasteiger partial charge in [0.15, 0.2) is 11.6 Å². The van der Waals surface area contributed by atoms with Crippen molar-refractivity contribution in [2.75, 3.05) is 20.2 Å². The van der Waals surface area contributed by atoms with Gasteiger partial charge in [-0.3, -0.25) is 14.5 Å². The third-order valence-corrected chi connectivity index (χ3v) is 13.6. The molecule has 0 bridgehead atoms. The lowest BCUT2D eigenvalue weighted by Crippen LogP contribution is -2.52. The van der Waals surface area contributed by atoms with Crippen molar-refractivity contribution in [3.8, 4) is 21.9 Å². The third kappa shape index (κ3) is 9.91. The summed E-state index contributed by atoms with van der Waals surface area (Å²) in [6, 6.07) is 21.1. The van der Waals surface area contributed by atoms with Crippen LogP contribution in [0.5, 0.6) is 11.5 Å². The second kappa shape index (κ2) is 17.6. The van der Waals surface area contributed by atoms with Crippen LogP contribution in [0.15, 0.2) is 77.7 Å². The molecule has 6 rings (SSSR count). The summed E-state index contributed by atoms with van der Waals surface area (Å²) in [4.78, 5) is 42.9. The topological polar surface area (TPSA) is 129 Å². The molecular weight excluding hydrogens is 789 g/mol. The molecule has 1 saturated heterocycles. The molecule has 0 N–H and O–H groups in total. The van der Waals surface area contributed by atoms with E-state index < -0.39 is 39.6 Å². The van der Waals surface area contributed by atoms with Crippen LogP contribution in [-0.2, 0) is 38.9 Å². The number of ether oxygens (including phenoxy) is 4. The zero-order chi connectivity index (χ0) is 42.9. The molecule has 3 aromatic carbocycles. The van der Waals surface area contributed by atoms with E-state index in [1.54, 1.807) is 58.6 Å². The van der Waals surface area contributed by atoms with Gasteiger partial charge >= 0.3 is 6.09 Å². The summed E-state index contributed by atoms with van der Waals surface area (Å²) in [5.41, 5.74) is 2.27. The summed E-state index contributed by atoms with van der Waals surface area (Å²) in [7, 11) is -2.43. The van der Waals surface area contributed by atoms with Crippen molar-refractivity contribution in [1.82, 2.24) is 9.21 Å². The number of Topliss-reactive ketones (excluding diaryl/α,β-unsaturated/α-hetero) is 2. The first-order valence-corrected chi connectivity index (χ1v) is 22.4. The molecule has 0 saturated carbocycles. The fraction of sp³-hybridized carbons (Fsp3) is 0.457. The number of carbonyl (C=O) groups excluding carboxylic acids is 3. The Morgan fingerprint density at radius 3 is 2.25 bits per heavy atom. The molecule has 1 amide bonds. The van der Waals surface area contributed by atoms with E-state index in [-0.39, 0.29) is 42.1 Å². The Labute approximate surface area is 352 Å². The maximum atomic E-state index is 14.2. The van der Waals surface area contributed by atoms with Crippen LogP contribution in [0.2, 0.25) is 0 Å². The summed E-state index contributed by atoms with van der Waals surface area (Å²) < 4.78 is 53.9. The van der Waals surface area contributed by atoms with Crippen LogP contribution in [-0.4, -0.2) is 79.0 Å². The van der Waals surface area contributed by atoms with Crippen LogP contribution in [0.3, 0.4) is 0 Å². The van der Waals surface area contributed by atoms with Gasteiger partial charge in [0.2, 0.25) is 10.0 Å². The number of nitrogens with zero attached hydrogens (tertiary/aromatic N) is 2. The van der Waals surface area contributed by atoms with Crippen molar-refractivity contribution in [3.05, 3.63) is 99.9 Å². The minimum atomic E-state index is -3.96. The number of methoxy groups -OCH3 is 1. The van der Waals surface area contributed by atoms with E-state index in [0.717, 1.165) is 40.0 Å². The predicted molar refractivity (Wildman–Crippen MR) is 229 cm³/mol. The first-order chi connectivity index (χ1) is 27.8. The quantitative estimate of drug-likeness (QED) is 0.114. The number of rotatable bonds is 14. The van der Waals surface area contributed by atoms with Gasteiger partial charge in [-0.2, -0.15) is 4.31 Å². The average molecular weight is 845 g/mol. The molecule has 2 atom stereocenters. The molecular formula is C46H56N2O9S2. The fourth-order valence-electron chi connectivity index (χ4n) is 7.92. The van der Waals surface area contributed by atoms with Crippen LogP contribution in [0, 0.1) is 5.92 Å². The molecule has 13 heteroatoms. The highest BCUT2D eigenvalue weighted by atomic mass is 32.2. The number of hydrogen-bond donors (Lipinski definition) is 0. The van der Waals surface area contributed by atoms with Crippen LogP contribution in [0.1, 0.15) is 105 Å². The highest BCUT2D eigenvalue weighted by Crippen LogP contribution is 2.42. The average Bonchev–Trinajstić information content (AvgIpc) is 3.68. The van der Waals surface area contributed by atoms with Gasteiger partial charge in [-0.05, 0) is 125 Å². The first kappa shape index (κ1) is 44.0. The number of benzene rings is 3. The van der Waals surface area contributed by atoms with Gasteiger partial charge in [-0.15, -0.1) is 11.3 Å². The number of fused-ring (bicyclic) bond motifs is 1. The van der Waals surface area contributed by atoms with Crippen molar-refractivity contribution in [3.63, 3.8) is 0 Å². The molecule has 0 radical (unpaired) electrons. The minimum Gasteiger partial charge on any atom is -0.497 e. The Hall–Kier alpha value is -4.56. The monoisotopic (exact) mass is 844 g/mol. The van der Waals surface area contributed by atoms with E-state index >= 15 is 0 Å². The summed E-state index contributed by atoms with van der Waals surface area (Å²) >= 11 is 1.40. The summed E-state index contributed by atoms with van der Waals surface area (Å²) in [6.07, 6.45) is 1.07. The van der Waals surface area contributed by atoms with Gasteiger partial charge in [0, 0.05) is 30.0 Å². The summed E-state index contributed by atoms with van der Waals surface area (Å²) in [5.74, 6) is 1.22. The number of ketones is 2. The Balaban J connectivity index is 1.25. The van der Waals surface area contributed by atoms with Crippen LogP contribution in [0.4, 0.5) is 4.79 Å². The lowest BCUT2D eigenvalue weighted by molar-refractivity contribution is -0.0807. The first-order valence-electron chi connectivity index (χ1n) is 20.1. The maximum absolute atomic E-state index is 14.2. The lowest BCUT2D eigenvalue weighted by Gasteiger charge is -2.35. The predicted octanol–water partition coefficient (Wildman–Crippen LogP) is 9.35.